The minimum atomic E-state index is -1.01. The number of carboxylic acids is 1. The van der Waals surface area contributed by atoms with Crippen LogP contribution in [0, 0.1) is 12.8 Å². The van der Waals surface area contributed by atoms with Crippen LogP contribution in [-0.2, 0) is 6.54 Å². The van der Waals surface area contributed by atoms with Crippen LogP contribution in [0.3, 0.4) is 0 Å². The number of hydrogen-bond acceptors (Lipinski definition) is 3. The van der Waals surface area contributed by atoms with Gasteiger partial charge in [-0.1, -0.05) is 27.2 Å². The van der Waals surface area contributed by atoms with Crippen LogP contribution in [0.15, 0.2) is 10.5 Å². The molecule has 1 heterocycles. The average molecular weight is 253 g/mol. The first-order valence-electron chi connectivity index (χ1n) is 6.52. The topological polar surface area (TPSA) is 53.7 Å². The van der Waals surface area contributed by atoms with Crippen LogP contribution in [0.4, 0.5) is 0 Å². The lowest BCUT2D eigenvalue weighted by Crippen LogP contribution is -2.27. The lowest BCUT2D eigenvalue weighted by atomic mass is 10.1. The molecule has 0 saturated heterocycles. The van der Waals surface area contributed by atoms with Crippen molar-refractivity contribution in [2.45, 2.75) is 40.7 Å². The fraction of sp³-hybridized carbons (Fsp3) is 0.643. The van der Waals surface area contributed by atoms with Gasteiger partial charge in [-0.25, -0.2) is 4.79 Å². The molecule has 0 aliphatic carbocycles. The largest absolute Gasteiger partial charge is 0.475 e. The first kappa shape index (κ1) is 14.8. The van der Waals surface area contributed by atoms with Crippen LogP contribution < -0.4 is 0 Å². The number of hydrogen-bond donors (Lipinski definition) is 1. The van der Waals surface area contributed by atoms with Gasteiger partial charge in [-0.2, -0.15) is 0 Å². The molecular weight excluding hydrogens is 230 g/mol. The smallest absolute Gasteiger partial charge is 0.371 e. The Hall–Kier alpha value is -1.29. The summed E-state index contributed by atoms with van der Waals surface area (Å²) in [5.41, 5.74) is 0.970. The van der Waals surface area contributed by atoms with Crippen molar-refractivity contribution >= 4 is 5.97 Å². The second-order valence-electron chi connectivity index (χ2n) is 4.84. The molecule has 1 N–H and O–H groups in total. The van der Waals surface area contributed by atoms with Crippen LogP contribution in [0.2, 0.25) is 0 Å². The molecule has 4 heteroatoms. The molecule has 0 saturated carbocycles. The highest BCUT2D eigenvalue weighted by Crippen LogP contribution is 2.17. The molecule has 1 aromatic heterocycles. The Kier molecular flexibility index (Phi) is 5.41. The Morgan fingerprint density at radius 1 is 1.50 bits per heavy atom. The standard InChI is InChI=1S/C14H23NO3/c1-5-10(3)8-15(6-2)9-12-7-13(14(16)17)18-11(12)4/h7,10H,5-6,8-9H2,1-4H3,(H,16,17). The summed E-state index contributed by atoms with van der Waals surface area (Å²) in [7, 11) is 0. The number of nitrogens with zero attached hydrogens (tertiary/aromatic N) is 1. The van der Waals surface area contributed by atoms with E-state index in [1.807, 2.05) is 6.92 Å². The Bertz CT molecular complexity index is 398. The molecule has 4 nitrogen and oxygen atoms in total. The van der Waals surface area contributed by atoms with E-state index >= 15 is 0 Å². The van der Waals surface area contributed by atoms with E-state index in [4.69, 9.17) is 9.52 Å². The SMILES string of the molecule is CCC(C)CN(CC)Cc1cc(C(=O)O)oc1C. The Morgan fingerprint density at radius 2 is 2.17 bits per heavy atom. The summed E-state index contributed by atoms with van der Waals surface area (Å²) in [5.74, 6) is 0.377. The molecule has 0 spiro atoms. The van der Waals surface area contributed by atoms with E-state index < -0.39 is 5.97 Å². The van der Waals surface area contributed by atoms with Crippen LogP contribution in [0.5, 0.6) is 0 Å². The van der Waals surface area contributed by atoms with E-state index in [1.165, 1.54) is 0 Å². The minimum absolute atomic E-state index is 0.0297. The van der Waals surface area contributed by atoms with Crippen molar-refractivity contribution in [2.24, 2.45) is 5.92 Å². The monoisotopic (exact) mass is 253 g/mol. The molecular formula is C14H23NO3. The summed E-state index contributed by atoms with van der Waals surface area (Å²) in [4.78, 5) is 13.2. The molecule has 0 amide bonds. The molecule has 102 valence electrons. The van der Waals surface area contributed by atoms with Crippen LogP contribution in [-0.4, -0.2) is 29.1 Å². The van der Waals surface area contributed by atoms with Gasteiger partial charge in [0.1, 0.15) is 5.76 Å². The zero-order valence-corrected chi connectivity index (χ0v) is 11.7. The van der Waals surface area contributed by atoms with Gasteiger partial charge in [0.2, 0.25) is 5.76 Å². The average Bonchev–Trinajstić information content (AvgIpc) is 2.70. The van der Waals surface area contributed by atoms with E-state index in [9.17, 15) is 4.79 Å². The van der Waals surface area contributed by atoms with Crippen molar-refractivity contribution in [1.29, 1.82) is 0 Å². The summed E-state index contributed by atoms with van der Waals surface area (Å²) in [6.07, 6.45) is 1.15. The predicted molar refractivity (Wildman–Crippen MR) is 70.8 cm³/mol. The van der Waals surface area contributed by atoms with Crippen molar-refractivity contribution in [2.75, 3.05) is 13.1 Å². The third kappa shape index (κ3) is 3.88. The molecule has 0 aliphatic heterocycles. The van der Waals surface area contributed by atoms with Gasteiger partial charge in [0, 0.05) is 18.7 Å². The van der Waals surface area contributed by atoms with Gasteiger partial charge in [-0.3, -0.25) is 4.90 Å². The number of furan rings is 1. The Balaban J connectivity index is 2.72. The quantitative estimate of drug-likeness (QED) is 0.811. The van der Waals surface area contributed by atoms with E-state index in [-0.39, 0.29) is 5.76 Å². The summed E-state index contributed by atoms with van der Waals surface area (Å²) in [5, 5.41) is 8.89. The maximum atomic E-state index is 10.8. The normalized spacial score (nSPS) is 12.9. The summed E-state index contributed by atoms with van der Waals surface area (Å²) in [6.45, 7) is 11.1. The molecule has 18 heavy (non-hydrogen) atoms. The summed E-state index contributed by atoms with van der Waals surface area (Å²) < 4.78 is 5.23. The van der Waals surface area contributed by atoms with Crippen LogP contribution in [0.1, 0.15) is 49.1 Å². The number of rotatable bonds is 7. The molecule has 0 aromatic carbocycles. The van der Waals surface area contributed by atoms with Crippen molar-refractivity contribution in [3.63, 3.8) is 0 Å². The molecule has 0 fully saturated rings. The summed E-state index contributed by atoms with van der Waals surface area (Å²) >= 11 is 0. The highest BCUT2D eigenvalue weighted by atomic mass is 16.4. The third-order valence-corrected chi connectivity index (χ3v) is 3.34. The maximum absolute atomic E-state index is 10.8. The minimum Gasteiger partial charge on any atom is -0.475 e. The molecule has 1 rings (SSSR count). The third-order valence-electron chi connectivity index (χ3n) is 3.34. The fourth-order valence-electron chi connectivity index (χ4n) is 1.90. The zero-order valence-electron chi connectivity index (χ0n) is 11.7. The number of aryl methyl sites for hydroxylation is 1. The van der Waals surface area contributed by atoms with Crippen LogP contribution in [0.25, 0.3) is 0 Å². The second kappa shape index (κ2) is 6.59. The van der Waals surface area contributed by atoms with Gasteiger partial charge in [0.15, 0.2) is 0 Å². The Morgan fingerprint density at radius 3 is 2.61 bits per heavy atom. The first-order valence-corrected chi connectivity index (χ1v) is 6.52. The lowest BCUT2D eigenvalue weighted by Gasteiger charge is -2.23. The van der Waals surface area contributed by atoms with E-state index in [0.717, 1.165) is 31.6 Å². The number of aromatic carboxylic acids is 1. The van der Waals surface area contributed by atoms with E-state index in [2.05, 4.69) is 25.7 Å². The van der Waals surface area contributed by atoms with Crippen LogP contribution >= 0.6 is 0 Å². The van der Waals surface area contributed by atoms with Gasteiger partial charge in [0.25, 0.3) is 0 Å². The molecule has 0 bridgehead atoms. The van der Waals surface area contributed by atoms with E-state index in [1.54, 1.807) is 6.07 Å². The van der Waals surface area contributed by atoms with Crippen molar-refractivity contribution in [1.82, 2.24) is 4.90 Å². The molecule has 1 unspecified atom stereocenters. The van der Waals surface area contributed by atoms with Gasteiger partial charge in [-0.15, -0.1) is 0 Å². The van der Waals surface area contributed by atoms with Gasteiger partial charge < -0.3 is 9.52 Å². The first-order chi connectivity index (χ1) is 8.47. The molecule has 0 radical (unpaired) electrons. The highest BCUT2D eigenvalue weighted by molar-refractivity contribution is 5.84. The van der Waals surface area contributed by atoms with Crippen molar-refractivity contribution in [3.05, 3.63) is 23.2 Å². The predicted octanol–water partition coefficient (Wildman–Crippen LogP) is 3.15. The zero-order chi connectivity index (χ0) is 13.7. The second-order valence-corrected chi connectivity index (χ2v) is 4.84. The highest BCUT2D eigenvalue weighted by Gasteiger charge is 2.16. The lowest BCUT2D eigenvalue weighted by molar-refractivity contribution is 0.0661. The summed E-state index contributed by atoms with van der Waals surface area (Å²) in [6, 6.07) is 1.64. The molecule has 1 atom stereocenters. The van der Waals surface area contributed by atoms with Gasteiger partial charge >= 0.3 is 5.97 Å². The fourth-order valence-corrected chi connectivity index (χ4v) is 1.90. The van der Waals surface area contributed by atoms with Gasteiger partial charge in [0.05, 0.1) is 0 Å². The Labute approximate surface area is 109 Å². The van der Waals surface area contributed by atoms with E-state index in [0.29, 0.717) is 11.7 Å². The number of carbonyl (C=O) groups is 1. The van der Waals surface area contributed by atoms with Crippen molar-refractivity contribution < 1.29 is 14.3 Å². The van der Waals surface area contributed by atoms with Crippen molar-refractivity contribution in [3.8, 4) is 0 Å². The molecule has 0 aliphatic rings. The molecule has 1 aromatic rings. The van der Waals surface area contributed by atoms with Gasteiger partial charge in [-0.05, 0) is 25.5 Å². The number of carboxylic acid groups (broad SMARTS) is 1. The maximum Gasteiger partial charge on any atom is 0.371 e.